The lowest BCUT2D eigenvalue weighted by Crippen LogP contribution is -2.44. The summed E-state index contributed by atoms with van der Waals surface area (Å²) >= 11 is 0. The van der Waals surface area contributed by atoms with Crippen molar-refractivity contribution in [2.24, 2.45) is 5.92 Å². The van der Waals surface area contributed by atoms with E-state index < -0.39 is 0 Å². The number of fused-ring (bicyclic) bond motifs is 4. The number of hydrogen-bond donors (Lipinski definition) is 0. The summed E-state index contributed by atoms with van der Waals surface area (Å²) in [6.45, 7) is 6.41. The highest BCUT2D eigenvalue weighted by molar-refractivity contribution is 5.95. The van der Waals surface area contributed by atoms with Gasteiger partial charge >= 0.3 is 0 Å². The summed E-state index contributed by atoms with van der Waals surface area (Å²) in [6.07, 6.45) is 6.80. The number of pyridine rings is 1. The number of aromatic nitrogens is 1. The molecule has 36 heavy (non-hydrogen) atoms. The molecule has 3 atom stereocenters. The maximum Gasteiger partial charge on any atom is 0.253 e. The Balaban J connectivity index is 1.31. The molecule has 4 heterocycles. The quantitative estimate of drug-likeness (QED) is 0.418. The molecule has 0 saturated carbocycles. The van der Waals surface area contributed by atoms with Crippen LogP contribution >= 0.6 is 0 Å². The number of piperidine rings is 1. The summed E-state index contributed by atoms with van der Waals surface area (Å²) in [5.41, 5.74) is 4.39. The van der Waals surface area contributed by atoms with Crippen LogP contribution in [0.1, 0.15) is 72.6 Å². The number of ether oxygens (including phenoxy) is 1. The van der Waals surface area contributed by atoms with E-state index in [-0.39, 0.29) is 5.91 Å². The molecule has 5 heteroatoms. The molecule has 2 bridgehead atoms. The highest BCUT2D eigenvalue weighted by atomic mass is 16.5. The number of hydrogen-bond acceptors (Lipinski definition) is 4. The van der Waals surface area contributed by atoms with Gasteiger partial charge < -0.3 is 9.64 Å². The molecule has 1 amide bonds. The maximum absolute atomic E-state index is 13.1. The molecule has 0 spiro atoms. The molecule has 3 unspecified atom stereocenters. The van der Waals surface area contributed by atoms with Crippen molar-refractivity contribution in [2.75, 3.05) is 13.1 Å². The van der Waals surface area contributed by atoms with Crippen LogP contribution in [0.3, 0.4) is 0 Å². The smallest absolute Gasteiger partial charge is 0.253 e. The molecule has 2 aromatic carbocycles. The van der Waals surface area contributed by atoms with E-state index in [1.54, 1.807) is 0 Å². The third kappa shape index (κ3) is 4.09. The van der Waals surface area contributed by atoms with Gasteiger partial charge in [-0.3, -0.25) is 14.7 Å². The first kappa shape index (κ1) is 23.2. The van der Waals surface area contributed by atoms with Crippen LogP contribution in [0.2, 0.25) is 0 Å². The average molecular weight is 482 g/mol. The fourth-order valence-corrected chi connectivity index (χ4v) is 6.86. The van der Waals surface area contributed by atoms with E-state index in [1.807, 2.05) is 49.2 Å². The highest BCUT2D eigenvalue weighted by Gasteiger charge is 2.45. The third-order valence-electron chi connectivity index (χ3n) is 8.58. The second kappa shape index (κ2) is 9.70. The lowest BCUT2D eigenvalue weighted by molar-refractivity contribution is 0.0772. The monoisotopic (exact) mass is 481 g/mol. The Morgan fingerprint density at radius 1 is 0.944 bits per heavy atom. The predicted octanol–water partition coefficient (Wildman–Crippen LogP) is 6.24. The van der Waals surface area contributed by atoms with Gasteiger partial charge in [0.15, 0.2) is 0 Å². The fraction of sp³-hybridized carbons (Fsp3) is 0.419. The van der Waals surface area contributed by atoms with Crippen LogP contribution in [0.4, 0.5) is 0 Å². The van der Waals surface area contributed by atoms with Gasteiger partial charge in [0.2, 0.25) is 0 Å². The molecule has 0 aliphatic carbocycles. The van der Waals surface area contributed by atoms with E-state index in [1.165, 1.54) is 42.5 Å². The standard InChI is InChI=1S/C31H35N3O2/c1-3-33(4-2)31(35)21-12-15-27-29(19-21)36-28-11-6-5-10-26(28)30(27)22-17-24-13-14-25(18-22)34(24)20-23-9-7-8-16-32-23/h5-12,15-16,19,22,24-25,30H,3-4,13-14,17-18,20H2,1-2H3. The van der Waals surface area contributed by atoms with Crippen LogP contribution in [0.5, 0.6) is 11.5 Å². The van der Waals surface area contributed by atoms with Crippen LogP contribution in [0.25, 0.3) is 0 Å². The van der Waals surface area contributed by atoms with E-state index >= 15 is 0 Å². The summed E-state index contributed by atoms with van der Waals surface area (Å²) in [4.78, 5) is 22.2. The summed E-state index contributed by atoms with van der Waals surface area (Å²) in [6, 6.07) is 22.1. The third-order valence-corrected chi connectivity index (χ3v) is 8.58. The molecule has 0 N–H and O–H groups in total. The number of para-hydroxylation sites is 1. The van der Waals surface area contributed by atoms with Crippen LogP contribution < -0.4 is 4.74 Å². The number of amides is 1. The van der Waals surface area contributed by atoms with E-state index in [0.717, 1.165) is 18.0 Å². The SMILES string of the molecule is CCN(CC)C(=O)c1ccc2c(c1)Oc1ccccc1C2C1CC2CCC(C1)N2Cc1ccccn1. The molecular formula is C31H35N3O2. The number of rotatable bonds is 6. The molecule has 2 saturated heterocycles. The van der Waals surface area contributed by atoms with E-state index in [4.69, 9.17) is 4.74 Å². The van der Waals surface area contributed by atoms with Gasteiger partial charge in [0, 0.05) is 60.5 Å². The van der Waals surface area contributed by atoms with Crippen LogP contribution in [-0.4, -0.2) is 45.9 Å². The van der Waals surface area contributed by atoms with Gasteiger partial charge in [-0.05, 0) is 75.8 Å². The predicted molar refractivity (Wildman–Crippen MR) is 141 cm³/mol. The minimum absolute atomic E-state index is 0.0719. The molecule has 3 aliphatic heterocycles. The highest BCUT2D eigenvalue weighted by Crippen LogP contribution is 2.53. The van der Waals surface area contributed by atoms with Crippen LogP contribution in [0.15, 0.2) is 66.9 Å². The molecule has 2 fully saturated rings. The van der Waals surface area contributed by atoms with E-state index in [0.29, 0.717) is 42.6 Å². The summed E-state index contributed by atoms with van der Waals surface area (Å²) in [5, 5.41) is 0. The first-order valence-corrected chi connectivity index (χ1v) is 13.5. The van der Waals surface area contributed by atoms with Gasteiger partial charge in [-0.25, -0.2) is 0 Å². The van der Waals surface area contributed by atoms with Crippen molar-refractivity contribution < 1.29 is 9.53 Å². The van der Waals surface area contributed by atoms with Crippen molar-refractivity contribution in [3.63, 3.8) is 0 Å². The number of nitrogens with zero attached hydrogens (tertiary/aromatic N) is 3. The van der Waals surface area contributed by atoms with Crippen molar-refractivity contribution in [1.82, 2.24) is 14.8 Å². The minimum Gasteiger partial charge on any atom is -0.457 e. The number of carbonyl (C=O) groups excluding carboxylic acids is 1. The van der Waals surface area contributed by atoms with Crippen molar-refractivity contribution in [2.45, 2.75) is 64.1 Å². The molecule has 0 radical (unpaired) electrons. The van der Waals surface area contributed by atoms with Gasteiger partial charge in [0.05, 0.1) is 5.69 Å². The summed E-state index contributed by atoms with van der Waals surface area (Å²) in [5.74, 6) is 2.70. The van der Waals surface area contributed by atoms with Gasteiger partial charge in [0.1, 0.15) is 11.5 Å². The zero-order valence-electron chi connectivity index (χ0n) is 21.3. The Kier molecular flexibility index (Phi) is 6.26. The fourth-order valence-electron chi connectivity index (χ4n) is 6.86. The summed E-state index contributed by atoms with van der Waals surface area (Å²) in [7, 11) is 0. The lowest BCUT2D eigenvalue weighted by Gasteiger charge is -2.43. The second-order valence-electron chi connectivity index (χ2n) is 10.5. The van der Waals surface area contributed by atoms with Crippen molar-refractivity contribution in [3.05, 3.63) is 89.2 Å². The Hall–Kier alpha value is -3.18. The topological polar surface area (TPSA) is 45.7 Å². The Morgan fingerprint density at radius 2 is 1.67 bits per heavy atom. The Labute approximate surface area is 214 Å². The molecule has 3 aliphatic rings. The molecule has 6 rings (SSSR count). The average Bonchev–Trinajstić information content (AvgIpc) is 3.14. The lowest BCUT2D eigenvalue weighted by atomic mass is 9.72. The van der Waals surface area contributed by atoms with Crippen molar-refractivity contribution >= 4 is 5.91 Å². The Morgan fingerprint density at radius 3 is 2.39 bits per heavy atom. The maximum atomic E-state index is 13.1. The zero-order valence-corrected chi connectivity index (χ0v) is 21.3. The van der Waals surface area contributed by atoms with Crippen molar-refractivity contribution in [3.8, 4) is 11.5 Å². The zero-order chi connectivity index (χ0) is 24.6. The Bertz CT molecular complexity index is 1230. The molecular weight excluding hydrogens is 446 g/mol. The van der Waals surface area contributed by atoms with Gasteiger partial charge in [-0.15, -0.1) is 0 Å². The van der Waals surface area contributed by atoms with Crippen LogP contribution in [0, 0.1) is 5.92 Å². The van der Waals surface area contributed by atoms with E-state index in [9.17, 15) is 4.79 Å². The second-order valence-corrected chi connectivity index (χ2v) is 10.5. The van der Waals surface area contributed by atoms with Crippen molar-refractivity contribution in [1.29, 1.82) is 0 Å². The van der Waals surface area contributed by atoms with Crippen LogP contribution in [-0.2, 0) is 6.54 Å². The first-order valence-electron chi connectivity index (χ1n) is 13.5. The minimum atomic E-state index is 0.0719. The normalized spacial score (nSPS) is 24.5. The first-order chi connectivity index (χ1) is 17.7. The number of carbonyl (C=O) groups is 1. The number of benzene rings is 2. The van der Waals surface area contributed by atoms with Gasteiger partial charge in [-0.2, -0.15) is 0 Å². The molecule has 5 nitrogen and oxygen atoms in total. The van der Waals surface area contributed by atoms with Gasteiger partial charge in [-0.1, -0.05) is 30.3 Å². The van der Waals surface area contributed by atoms with E-state index in [2.05, 4.69) is 46.3 Å². The molecule has 3 aromatic rings. The summed E-state index contributed by atoms with van der Waals surface area (Å²) < 4.78 is 6.42. The largest absolute Gasteiger partial charge is 0.457 e. The molecule has 186 valence electrons. The van der Waals surface area contributed by atoms with Gasteiger partial charge in [0.25, 0.3) is 5.91 Å². The molecule has 1 aromatic heterocycles.